The van der Waals surface area contributed by atoms with E-state index in [0.29, 0.717) is 28.3 Å². The van der Waals surface area contributed by atoms with Crippen molar-refractivity contribution in [3.05, 3.63) is 21.6 Å². The molecule has 5 nitrogen and oxygen atoms in total. The largest absolute Gasteiger partial charge is 0.398 e. The van der Waals surface area contributed by atoms with E-state index >= 15 is 0 Å². The van der Waals surface area contributed by atoms with Crippen LogP contribution < -0.4 is 5.73 Å². The summed E-state index contributed by atoms with van der Waals surface area (Å²) in [7, 11) is -2.10. The van der Waals surface area contributed by atoms with Gasteiger partial charge in [-0.1, -0.05) is 11.6 Å². The lowest BCUT2D eigenvalue weighted by molar-refractivity contribution is 0.177. The third-order valence-corrected chi connectivity index (χ3v) is 6.43. The average molecular weight is 384 g/mol. The highest BCUT2D eigenvalue weighted by atomic mass is 79.9. The van der Waals surface area contributed by atoms with Gasteiger partial charge in [0.2, 0.25) is 10.0 Å². The molecule has 2 N–H and O–H groups in total. The van der Waals surface area contributed by atoms with Crippen LogP contribution in [0.5, 0.6) is 0 Å². The number of benzene rings is 1. The van der Waals surface area contributed by atoms with Gasteiger partial charge in [0.15, 0.2) is 0 Å². The van der Waals surface area contributed by atoms with Crippen molar-refractivity contribution in [1.82, 2.24) is 4.31 Å². The van der Waals surface area contributed by atoms with Crippen LogP contribution in [-0.4, -0.2) is 39.0 Å². The summed E-state index contributed by atoms with van der Waals surface area (Å²) in [5.41, 5.74) is 6.08. The summed E-state index contributed by atoms with van der Waals surface area (Å²) in [5, 5.41) is 0.298. The van der Waals surface area contributed by atoms with Crippen molar-refractivity contribution in [3.63, 3.8) is 0 Å². The molecule has 20 heavy (non-hydrogen) atoms. The first kappa shape index (κ1) is 16.0. The molecule has 8 heteroatoms. The number of sulfonamides is 1. The third kappa shape index (κ3) is 3.28. The molecule has 0 bridgehead atoms. The van der Waals surface area contributed by atoms with Crippen molar-refractivity contribution in [2.45, 2.75) is 23.8 Å². The molecule has 0 amide bonds. The number of nitrogens with zero attached hydrogens (tertiary/aromatic N) is 1. The zero-order valence-electron chi connectivity index (χ0n) is 11.0. The van der Waals surface area contributed by atoms with Crippen LogP contribution >= 0.6 is 27.5 Å². The maximum Gasteiger partial charge on any atom is 0.244 e. The zero-order chi connectivity index (χ0) is 14.9. The number of ether oxygens (including phenoxy) is 1. The molecule has 0 aromatic heterocycles. The lowest BCUT2D eigenvalue weighted by Gasteiger charge is -2.22. The van der Waals surface area contributed by atoms with Gasteiger partial charge in [-0.3, -0.25) is 0 Å². The van der Waals surface area contributed by atoms with Crippen LogP contribution in [-0.2, 0) is 14.8 Å². The second kappa shape index (κ2) is 6.19. The van der Waals surface area contributed by atoms with E-state index in [1.807, 2.05) is 0 Å². The van der Waals surface area contributed by atoms with E-state index in [-0.39, 0.29) is 10.9 Å². The van der Waals surface area contributed by atoms with Gasteiger partial charge in [0.25, 0.3) is 0 Å². The molecule has 0 spiro atoms. The molecule has 1 aromatic carbocycles. The van der Waals surface area contributed by atoms with Gasteiger partial charge in [-0.25, -0.2) is 8.42 Å². The summed E-state index contributed by atoms with van der Waals surface area (Å²) in [4.78, 5) is 0.102. The summed E-state index contributed by atoms with van der Waals surface area (Å²) < 4.78 is 32.3. The van der Waals surface area contributed by atoms with E-state index in [1.54, 1.807) is 7.11 Å². The number of anilines is 1. The SMILES string of the molecule is COCCN(C1CC1)S(=O)(=O)c1cc(Cl)cc(N)c1Br. The fraction of sp³-hybridized carbons (Fsp3) is 0.500. The minimum Gasteiger partial charge on any atom is -0.398 e. The van der Waals surface area contributed by atoms with Gasteiger partial charge >= 0.3 is 0 Å². The first-order chi connectivity index (χ1) is 9.37. The highest BCUT2D eigenvalue weighted by Crippen LogP contribution is 2.37. The van der Waals surface area contributed by atoms with Crippen LogP contribution in [0.1, 0.15) is 12.8 Å². The number of nitrogen functional groups attached to an aromatic ring is 1. The summed E-state index contributed by atoms with van der Waals surface area (Å²) in [5.74, 6) is 0. The van der Waals surface area contributed by atoms with Gasteiger partial charge in [0.1, 0.15) is 0 Å². The van der Waals surface area contributed by atoms with E-state index in [2.05, 4.69) is 15.9 Å². The molecular formula is C12H16BrClN2O3S. The van der Waals surface area contributed by atoms with E-state index in [4.69, 9.17) is 22.1 Å². The monoisotopic (exact) mass is 382 g/mol. The quantitative estimate of drug-likeness (QED) is 0.766. The van der Waals surface area contributed by atoms with Crippen molar-refractivity contribution in [2.75, 3.05) is 26.0 Å². The molecule has 0 saturated heterocycles. The minimum atomic E-state index is -3.64. The predicted molar refractivity (Wildman–Crippen MR) is 82.4 cm³/mol. The number of rotatable bonds is 6. The molecule has 2 rings (SSSR count). The van der Waals surface area contributed by atoms with Crippen LogP contribution in [0, 0.1) is 0 Å². The Labute approximate surface area is 132 Å². The number of nitrogens with two attached hydrogens (primary N) is 1. The predicted octanol–water partition coefficient (Wildman–Crippen LogP) is 2.48. The Bertz CT molecular complexity index is 605. The smallest absolute Gasteiger partial charge is 0.244 e. The van der Waals surface area contributed by atoms with Gasteiger partial charge in [0, 0.05) is 30.4 Å². The zero-order valence-corrected chi connectivity index (χ0v) is 14.1. The normalized spacial score (nSPS) is 15.8. The fourth-order valence-corrected chi connectivity index (χ4v) is 4.87. The van der Waals surface area contributed by atoms with E-state index in [0.717, 1.165) is 12.8 Å². The number of hydrogen-bond donors (Lipinski definition) is 1. The van der Waals surface area contributed by atoms with Gasteiger partial charge in [-0.15, -0.1) is 0 Å². The lowest BCUT2D eigenvalue weighted by atomic mass is 10.3. The first-order valence-corrected chi connectivity index (χ1v) is 8.74. The Balaban J connectivity index is 2.42. The second-order valence-corrected chi connectivity index (χ2v) is 7.74. The molecular weight excluding hydrogens is 368 g/mol. The fourth-order valence-electron chi connectivity index (χ4n) is 1.94. The Hall–Kier alpha value is -0.340. The average Bonchev–Trinajstić information content (AvgIpc) is 3.18. The summed E-state index contributed by atoms with van der Waals surface area (Å²) >= 11 is 9.16. The van der Waals surface area contributed by atoms with Gasteiger partial charge < -0.3 is 10.5 Å². The van der Waals surface area contributed by atoms with Crippen molar-refractivity contribution < 1.29 is 13.2 Å². The van der Waals surface area contributed by atoms with Crippen LogP contribution in [0.2, 0.25) is 5.02 Å². The second-order valence-electron chi connectivity index (χ2n) is 4.65. The molecule has 112 valence electrons. The summed E-state index contributed by atoms with van der Waals surface area (Å²) in [6.07, 6.45) is 1.74. The van der Waals surface area contributed by atoms with Gasteiger partial charge in [0.05, 0.1) is 16.0 Å². The van der Waals surface area contributed by atoms with Crippen LogP contribution in [0.4, 0.5) is 5.69 Å². The van der Waals surface area contributed by atoms with E-state index < -0.39 is 10.0 Å². The molecule has 1 fully saturated rings. The maximum atomic E-state index is 12.8. The molecule has 0 unspecified atom stereocenters. The Morgan fingerprint density at radius 3 is 2.70 bits per heavy atom. The number of methoxy groups -OCH3 is 1. The molecule has 1 aromatic rings. The molecule has 1 aliphatic rings. The molecule has 0 radical (unpaired) electrons. The molecule has 1 aliphatic carbocycles. The molecule has 0 atom stereocenters. The van der Waals surface area contributed by atoms with E-state index in [9.17, 15) is 8.42 Å². The Kier molecular flexibility index (Phi) is 4.96. The number of hydrogen-bond acceptors (Lipinski definition) is 4. The van der Waals surface area contributed by atoms with Crippen molar-refractivity contribution in [2.24, 2.45) is 0 Å². The molecule has 0 heterocycles. The van der Waals surface area contributed by atoms with E-state index in [1.165, 1.54) is 16.4 Å². The Morgan fingerprint density at radius 2 is 2.15 bits per heavy atom. The van der Waals surface area contributed by atoms with Crippen molar-refractivity contribution >= 4 is 43.2 Å². The van der Waals surface area contributed by atoms with Crippen molar-refractivity contribution in [3.8, 4) is 0 Å². The topological polar surface area (TPSA) is 72.6 Å². The highest BCUT2D eigenvalue weighted by molar-refractivity contribution is 9.10. The summed E-state index contributed by atoms with van der Waals surface area (Å²) in [6, 6.07) is 2.98. The molecule has 1 saturated carbocycles. The van der Waals surface area contributed by atoms with Crippen molar-refractivity contribution in [1.29, 1.82) is 0 Å². The maximum absolute atomic E-state index is 12.8. The standard InChI is InChI=1S/C12H16BrClN2O3S/c1-19-5-4-16(9-2-3-9)20(17,18)11-7-8(14)6-10(15)12(11)13/h6-7,9H,2-5,15H2,1H3. The van der Waals surface area contributed by atoms with Gasteiger partial charge in [-0.2, -0.15) is 4.31 Å². The summed E-state index contributed by atoms with van der Waals surface area (Å²) in [6.45, 7) is 0.672. The minimum absolute atomic E-state index is 0.0438. The third-order valence-electron chi connectivity index (χ3n) is 3.09. The lowest BCUT2D eigenvalue weighted by Crippen LogP contribution is -2.36. The van der Waals surface area contributed by atoms with Gasteiger partial charge in [-0.05, 0) is 40.9 Å². The van der Waals surface area contributed by atoms with Crippen LogP contribution in [0.15, 0.2) is 21.5 Å². The van der Waals surface area contributed by atoms with Crippen LogP contribution in [0.25, 0.3) is 0 Å². The highest BCUT2D eigenvalue weighted by Gasteiger charge is 2.38. The first-order valence-electron chi connectivity index (χ1n) is 6.13. The Morgan fingerprint density at radius 1 is 1.50 bits per heavy atom. The number of halogens is 2. The molecule has 0 aliphatic heterocycles. The van der Waals surface area contributed by atoms with Crippen LogP contribution in [0.3, 0.4) is 0 Å².